The molecule has 34 heavy (non-hydrogen) atoms. The van der Waals surface area contributed by atoms with Gasteiger partial charge in [0.05, 0.1) is 19.8 Å². The maximum atomic E-state index is 10.3. The summed E-state index contributed by atoms with van der Waals surface area (Å²) in [5.41, 5.74) is 0. The molecule has 16 heteroatoms. The Bertz CT molecular complexity index is 653. The third-order valence-corrected chi connectivity index (χ3v) is 6.16. The van der Waals surface area contributed by atoms with E-state index in [4.69, 9.17) is 23.7 Å². The molecule has 0 saturated carbocycles. The lowest BCUT2D eigenvalue weighted by Crippen LogP contribution is -2.63. The third kappa shape index (κ3) is 5.09. The summed E-state index contributed by atoms with van der Waals surface area (Å²) >= 11 is 0. The Kier molecular flexibility index (Phi) is 9.18. The van der Waals surface area contributed by atoms with Crippen LogP contribution in [0.4, 0.5) is 0 Å². The highest BCUT2D eigenvalue weighted by Crippen LogP contribution is 2.36. The first kappa shape index (κ1) is 27.9. The van der Waals surface area contributed by atoms with Gasteiger partial charge in [0, 0.05) is 0 Å². The molecule has 0 aliphatic carbocycles. The monoisotopic (exact) mass is 504 g/mol. The molecule has 0 aromatic rings. The maximum absolute atomic E-state index is 10.3. The molecule has 3 aliphatic heterocycles. The Hall–Kier alpha value is -0.640. The maximum Gasteiger partial charge on any atom is 0.224 e. The molecule has 0 amide bonds. The normalized spacial score (nSPS) is 52.1. The van der Waals surface area contributed by atoms with Crippen molar-refractivity contribution < 1.29 is 79.9 Å². The Morgan fingerprint density at radius 2 is 1.12 bits per heavy atom. The fraction of sp³-hybridized carbons (Fsp3) is 1.00. The molecule has 3 aliphatic rings. The lowest BCUT2D eigenvalue weighted by atomic mass is 9.98. The summed E-state index contributed by atoms with van der Waals surface area (Å²) < 4.78 is 26.4. The minimum Gasteiger partial charge on any atom is -0.394 e. The van der Waals surface area contributed by atoms with E-state index in [9.17, 15) is 56.2 Å². The molecule has 14 atom stereocenters. The van der Waals surface area contributed by atoms with Gasteiger partial charge in [0.1, 0.15) is 73.8 Å². The average molecular weight is 504 g/mol. The van der Waals surface area contributed by atoms with E-state index in [1.54, 1.807) is 0 Å². The van der Waals surface area contributed by atoms with Crippen molar-refractivity contribution in [2.45, 2.75) is 85.5 Å². The van der Waals surface area contributed by atoms with Gasteiger partial charge in [-0.3, -0.25) is 0 Å². The fourth-order valence-electron chi connectivity index (χ4n) is 4.01. The van der Waals surface area contributed by atoms with Crippen molar-refractivity contribution in [2.75, 3.05) is 26.4 Å². The second kappa shape index (κ2) is 11.2. The molecule has 0 aromatic heterocycles. The van der Waals surface area contributed by atoms with Crippen molar-refractivity contribution in [3.8, 4) is 0 Å². The zero-order valence-corrected chi connectivity index (χ0v) is 17.8. The van der Waals surface area contributed by atoms with Crippen LogP contribution in [0.25, 0.3) is 0 Å². The third-order valence-electron chi connectivity index (χ3n) is 6.16. The lowest BCUT2D eigenvalue weighted by Gasteiger charge is -2.44. The predicted molar refractivity (Wildman–Crippen MR) is 101 cm³/mol. The average Bonchev–Trinajstić information content (AvgIpc) is 3.08. The molecule has 0 spiro atoms. The number of hydrogen-bond donors (Lipinski definition) is 11. The Morgan fingerprint density at radius 1 is 0.588 bits per heavy atom. The molecule has 11 N–H and O–H groups in total. The molecule has 200 valence electrons. The Morgan fingerprint density at radius 3 is 1.65 bits per heavy atom. The summed E-state index contributed by atoms with van der Waals surface area (Å²) in [5.74, 6) is -2.36. The van der Waals surface area contributed by atoms with Gasteiger partial charge in [0.25, 0.3) is 0 Å². The molecule has 0 radical (unpaired) electrons. The molecular weight excluding hydrogens is 472 g/mol. The summed E-state index contributed by atoms with van der Waals surface area (Å²) in [6.45, 7) is -3.14. The van der Waals surface area contributed by atoms with E-state index in [0.717, 1.165) is 0 Å². The topological polar surface area (TPSA) is 269 Å². The van der Waals surface area contributed by atoms with Gasteiger partial charge >= 0.3 is 0 Å². The summed E-state index contributed by atoms with van der Waals surface area (Å²) in [6, 6.07) is 0. The van der Waals surface area contributed by atoms with Gasteiger partial charge in [0.15, 0.2) is 12.6 Å². The summed E-state index contributed by atoms with van der Waals surface area (Å²) in [5, 5.41) is 109. The van der Waals surface area contributed by atoms with Crippen molar-refractivity contribution >= 4 is 0 Å². The van der Waals surface area contributed by atoms with E-state index in [1.807, 2.05) is 0 Å². The van der Waals surface area contributed by atoms with Crippen LogP contribution in [0.5, 0.6) is 0 Å². The van der Waals surface area contributed by atoms with Gasteiger partial charge in [-0.15, -0.1) is 0 Å². The van der Waals surface area contributed by atoms with Crippen molar-refractivity contribution in [1.29, 1.82) is 0 Å². The van der Waals surface area contributed by atoms with E-state index in [-0.39, 0.29) is 0 Å². The SMILES string of the molecule is OC[C@@H]1O[C@H](OC[C@@H]2O[C@H](O[C@]3(CO)O[C@H](CO)[C@@H](O)[C@@H]3O)[C@H](O)[C@H](O)[C@@H]2O)[C@H](O)[C@H](O)[C@H]1O. The smallest absolute Gasteiger partial charge is 0.224 e. The number of hydrogen-bond acceptors (Lipinski definition) is 16. The Balaban J connectivity index is 1.69. The van der Waals surface area contributed by atoms with Gasteiger partial charge in [-0.1, -0.05) is 0 Å². The van der Waals surface area contributed by atoms with E-state index >= 15 is 0 Å². The Labute approximate surface area is 192 Å². The van der Waals surface area contributed by atoms with Gasteiger partial charge in [-0.2, -0.15) is 0 Å². The highest BCUT2D eigenvalue weighted by molar-refractivity contribution is 4.98. The highest BCUT2D eigenvalue weighted by atomic mass is 16.8. The van der Waals surface area contributed by atoms with E-state index in [1.165, 1.54) is 0 Å². The van der Waals surface area contributed by atoms with Crippen LogP contribution in [-0.4, -0.2) is 168 Å². The molecule has 3 saturated heterocycles. The predicted octanol–water partition coefficient (Wildman–Crippen LogP) is -7.57. The first-order valence-corrected chi connectivity index (χ1v) is 10.6. The van der Waals surface area contributed by atoms with Crippen LogP contribution < -0.4 is 0 Å². The summed E-state index contributed by atoms with van der Waals surface area (Å²) in [7, 11) is 0. The molecule has 0 aromatic carbocycles. The number of aliphatic hydroxyl groups is 11. The number of aliphatic hydroxyl groups excluding tert-OH is 11. The molecular formula is C18H32O16. The standard InChI is InChI=1S/C18H32O16/c19-1-5-8(22)11(25)13(27)16(31-5)30-3-7-9(23)12(26)14(28)17(32-7)34-18(4-21)15(29)10(24)6(2-20)33-18/h5-17,19-29H,1-4H2/t5-,6+,7-,8-,9+,10+,11+,12+,13+,14+,15-,16-,17+,18-/m0/s1. The van der Waals surface area contributed by atoms with Crippen LogP contribution in [0.2, 0.25) is 0 Å². The largest absolute Gasteiger partial charge is 0.394 e. The van der Waals surface area contributed by atoms with Crippen molar-refractivity contribution in [1.82, 2.24) is 0 Å². The molecule has 3 fully saturated rings. The van der Waals surface area contributed by atoms with Gasteiger partial charge in [-0.05, 0) is 0 Å². The number of ether oxygens (including phenoxy) is 5. The first-order valence-electron chi connectivity index (χ1n) is 10.6. The van der Waals surface area contributed by atoms with E-state index in [0.29, 0.717) is 0 Å². The molecule has 16 nitrogen and oxygen atoms in total. The van der Waals surface area contributed by atoms with Crippen molar-refractivity contribution in [3.05, 3.63) is 0 Å². The van der Waals surface area contributed by atoms with Crippen LogP contribution in [0.1, 0.15) is 0 Å². The minimum absolute atomic E-state index is 0.634. The number of rotatable bonds is 8. The summed E-state index contributed by atoms with van der Waals surface area (Å²) in [6.07, 6.45) is -21.8. The second-order valence-corrected chi connectivity index (χ2v) is 8.41. The van der Waals surface area contributed by atoms with E-state index in [2.05, 4.69) is 0 Å². The van der Waals surface area contributed by atoms with Crippen LogP contribution in [0.3, 0.4) is 0 Å². The van der Waals surface area contributed by atoms with Crippen LogP contribution in [0.15, 0.2) is 0 Å². The van der Waals surface area contributed by atoms with Crippen LogP contribution in [0, 0.1) is 0 Å². The quantitative estimate of drug-likeness (QED) is 0.146. The fourth-order valence-corrected chi connectivity index (χ4v) is 4.01. The molecule has 0 bridgehead atoms. The summed E-state index contributed by atoms with van der Waals surface area (Å²) in [4.78, 5) is 0. The second-order valence-electron chi connectivity index (χ2n) is 8.41. The van der Waals surface area contributed by atoms with Crippen molar-refractivity contribution in [2.24, 2.45) is 0 Å². The van der Waals surface area contributed by atoms with Crippen molar-refractivity contribution in [3.63, 3.8) is 0 Å². The first-order chi connectivity index (χ1) is 16.0. The zero-order chi connectivity index (χ0) is 25.4. The van der Waals surface area contributed by atoms with Crippen LogP contribution >= 0.6 is 0 Å². The highest BCUT2D eigenvalue weighted by Gasteiger charge is 2.58. The lowest BCUT2D eigenvalue weighted by molar-refractivity contribution is -0.388. The molecule has 3 heterocycles. The zero-order valence-electron chi connectivity index (χ0n) is 17.8. The van der Waals surface area contributed by atoms with E-state index < -0.39 is 112 Å². The van der Waals surface area contributed by atoms with Crippen LogP contribution in [-0.2, 0) is 23.7 Å². The van der Waals surface area contributed by atoms with Gasteiger partial charge in [0.2, 0.25) is 5.79 Å². The van der Waals surface area contributed by atoms with Gasteiger partial charge in [-0.25, -0.2) is 0 Å². The molecule has 0 unspecified atom stereocenters. The minimum atomic E-state index is -2.36. The van der Waals surface area contributed by atoms with Gasteiger partial charge < -0.3 is 79.9 Å². The molecule has 3 rings (SSSR count).